The standard InChI is InChI=1S/C16H11Cl2NO/c1-20-15-6-3-11(4-7-15)13(10-19)8-12-2-5-14(17)9-16(12)18/h2-9H,1H3. The highest BCUT2D eigenvalue weighted by Gasteiger charge is 2.04. The van der Waals surface area contributed by atoms with Gasteiger partial charge < -0.3 is 4.74 Å². The molecule has 0 saturated carbocycles. The van der Waals surface area contributed by atoms with Gasteiger partial charge in [-0.2, -0.15) is 5.26 Å². The van der Waals surface area contributed by atoms with Crippen molar-refractivity contribution in [3.63, 3.8) is 0 Å². The Bertz CT molecular complexity index is 685. The lowest BCUT2D eigenvalue weighted by Gasteiger charge is -2.04. The predicted molar refractivity (Wildman–Crippen MR) is 82.9 cm³/mol. The second-order valence-electron chi connectivity index (χ2n) is 4.06. The van der Waals surface area contributed by atoms with Crippen molar-refractivity contribution in [1.82, 2.24) is 0 Å². The van der Waals surface area contributed by atoms with Gasteiger partial charge >= 0.3 is 0 Å². The summed E-state index contributed by atoms with van der Waals surface area (Å²) in [5.41, 5.74) is 2.08. The van der Waals surface area contributed by atoms with Crippen LogP contribution < -0.4 is 4.74 Å². The van der Waals surface area contributed by atoms with Crippen molar-refractivity contribution in [3.8, 4) is 11.8 Å². The topological polar surface area (TPSA) is 33.0 Å². The van der Waals surface area contributed by atoms with Crippen molar-refractivity contribution in [3.05, 3.63) is 63.6 Å². The summed E-state index contributed by atoms with van der Waals surface area (Å²) in [4.78, 5) is 0. The van der Waals surface area contributed by atoms with Crippen molar-refractivity contribution in [2.24, 2.45) is 0 Å². The summed E-state index contributed by atoms with van der Waals surface area (Å²) >= 11 is 12.0. The Balaban J connectivity index is 2.40. The zero-order chi connectivity index (χ0) is 14.5. The minimum atomic E-state index is 0.513. The molecule has 20 heavy (non-hydrogen) atoms. The van der Waals surface area contributed by atoms with Gasteiger partial charge in [0.2, 0.25) is 0 Å². The van der Waals surface area contributed by atoms with Crippen molar-refractivity contribution in [2.45, 2.75) is 0 Å². The minimum Gasteiger partial charge on any atom is -0.497 e. The Hall–Kier alpha value is -1.95. The molecule has 100 valence electrons. The summed E-state index contributed by atoms with van der Waals surface area (Å²) in [5.74, 6) is 0.746. The number of nitrogens with zero attached hydrogens (tertiary/aromatic N) is 1. The summed E-state index contributed by atoms with van der Waals surface area (Å²) in [6.07, 6.45) is 1.74. The number of ether oxygens (including phenoxy) is 1. The van der Waals surface area contributed by atoms with E-state index in [2.05, 4.69) is 6.07 Å². The Morgan fingerprint density at radius 1 is 1.15 bits per heavy atom. The van der Waals surface area contributed by atoms with Gasteiger partial charge in [-0.05, 0) is 53.6 Å². The molecule has 4 heteroatoms. The highest BCUT2D eigenvalue weighted by molar-refractivity contribution is 6.35. The van der Waals surface area contributed by atoms with Crippen LogP contribution in [0.25, 0.3) is 11.6 Å². The zero-order valence-corrected chi connectivity index (χ0v) is 12.2. The lowest BCUT2D eigenvalue weighted by molar-refractivity contribution is 0.415. The van der Waals surface area contributed by atoms with Crippen LogP contribution in [0.5, 0.6) is 5.75 Å². The molecule has 0 atom stereocenters. The first-order valence-corrected chi connectivity index (χ1v) is 6.61. The molecule has 0 unspecified atom stereocenters. The first-order chi connectivity index (χ1) is 9.63. The maximum Gasteiger partial charge on any atom is 0.118 e. The number of methoxy groups -OCH3 is 1. The highest BCUT2D eigenvalue weighted by Crippen LogP contribution is 2.26. The van der Waals surface area contributed by atoms with Crippen LogP contribution in [-0.4, -0.2) is 7.11 Å². The van der Waals surface area contributed by atoms with Gasteiger partial charge in [-0.3, -0.25) is 0 Å². The molecule has 0 radical (unpaired) electrons. The van der Waals surface area contributed by atoms with Gasteiger partial charge in [-0.15, -0.1) is 0 Å². The fourth-order valence-electron chi connectivity index (χ4n) is 1.72. The summed E-state index contributed by atoms with van der Waals surface area (Å²) in [5, 5.41) is 10.4. The monoisotopic (exact) mass is 303 g/mol. The Labute approximate surface area is 127 Å². The van der Waals surface area contributed by atoms with E-state index in [1.54, 1.807) is 31.4 Å². The van der Waals surface area contributed by atoms with E-state index in [0.717, 1.165) is 16.9 Å². The maximum absolute atomic E-state index is 9.29. The highest BCUT2D eigenvalue weighted by atomic mass is 35.5. The van der Waals surface area contributed by atoms with E-state index in [0.29, 0.717) is 15.6 Å². The van der Waals surface area contributed by atoms with Crippen molar-refractivity contribution >= 4 is 34.9 Å². The second kappa shape index (κ2) is 6.47. The average molecular weight is 304 g/mol. The Morgan fingerprint density at radius 3 is 2.40 bits per heavy atom. The molecule has 0 fully saturated rings. The van der Waals surface area contributed by atoms with Crippen LogP contribution in [0, 0.1) is 11.3 Å². The first kappa shape index (κ1) is 14.5. The third-order valence-corrected chi connectivity index (χ3v) is 3.35. The van der Waals surface area contributed by atoms with E-state index >= 15 is 0 Å². The molecule has 0 bridgehead atoms. The number of allylic oxidation sites excluding steroid dienone is 1. The molecule has 0 aliphatic carbocycles. The van der Waals surface area contributed by atoms with Crippen LogP contribution in [0.3, 0.4) is 0 Å². The maximum atomic E-state index is 9.29. The molecule has 0 N–H and O–H groups in total. The molecule has 2 nitrogen and oxygen atoms in total. The SMILES string of the molecule is COc1ccc(C(C#N)=Cc2ccc(Cl)cc2Cl)cc1. The molecular weight excluding hydrogens is 293 g/mol. The van der Waals surface area contributed by atoms with Gasteiger partial charge in [0.25, 0.3) is 0 Å². The number of hydrogen-bond acceptors (Lipinski definition) is 2. The van der Waals surface area contributed by atoms with Crippen LogP contribution in [0.4, 0.5) is 0 Å². The smallest absolute Gasteiger partial charge is 0.118 e. The first-order valence-electron chi connectivity index (χ1n) is 5.85. The quantitative estimate of drug-likeness (QED) is 0.586. The van der Waals surface area contributed by atoms with E-state index in [-0.39, 0.29) is 0 Å². The van der Waals surface area contributed by atoms with E-state index in [4.69, 9.17) is 27.9 Å². The number of halogens is 2. The fourth-order valence-corrected chi connectivity index (χ4v) is 2.19. The summed E-state index contributed by atoms with van der Waals surface area (Å²) in [6.45, 7) is 0. The van der Waals surface area contributed by atoms with Gasteiger partial charge in [-0.1, -0.05) is 29.3 Å². The molecule has 2 aromatic carbocycles. The van der Waals surface area contributed by atoms with Crippen LogP contribution >= 0.6 is 23.2 Å². The summed E-state index contributed by atoms with van der Waals surface area (Å²) in [7, 11) is 1.60. The number of rotatable bonds is 3. The fraction of sp³-hybridized carbons (Fsp3) is 0.0625. The van der Waals surface area contributed by atoms with Crippen molar-refractivity contribution in [2.75, 3.05) is 7.11 Å². The Morgan fingerprint density at radius 2 is 1.85 bits per heavy atom. The molecule has 0 saturated heterocycles. The van der Waals surface area contributed by atoms with Gasteiger partial charge in [0.1, 0.15) is 5.75 Å². The molecule has 0 aliphatic heterocycles. The third-order valence-electron chi connectivity index (χ3n) is 2.78. The van der Waals surface area contributed by atoms with Gasteiger partial charge in [0, 0.05) is 10.0 Å². The van der Waals surface area contributed by atoms with Crippen molar-refractivity contribution in [1.29, 1.82) is 5.26 Å². The van der Waals surface area contributed by atoms with Crippen LogP contribution in [-0.2, 0) is 0 Å². The van der Waals surface area contributed by atoms with Gasteiger partial charge in [0.05, 0.1) is 18.8 Å². The van der Waals surface area contributed by atoms with E-state index in [1.807, 2.05) is 24.3 Å². The van der Waals surface area contributed by atoms with Crippen molar-refractivity contribution < 1.29 is 4.74 Å². The van der Waals surface area contributed by atoms with Gasteiger partial charge in [-0.25, -0.2) is 0 Å². The summed E-state index contributed by atoms with van der Waals surface area (Å²) in [6, 6.07) is 14.6. The largest absolute Gasteiger partial charge is 0.497 e. The number of hydrogen-bond donors (Lipinski definition) is 0. The lowest BCUT2D eigenvalue weighted by Crippen LogP contribution is -1.85. The lowest BCUT2D eigenvalue weighted by atomic mass is 10.0. The molecule has 0 aromatic heterocycles. The third kappa shape index (κ3) is 3.33. The molecule has 0 heterocycles. The molecule has 2 aromatic rings. The number of nitriles is 1. The average Bonchev–Trinajstić information content (AvgIpc) is 2.47. The van der Waals surface area contributed by atoms with Gasteiger partial charge in [0.15, 0.2) is 0 Å². The molecule has 0 amide bonds. The predicted octanol–water partition coefficient (Wildman–Crippen LogP) is 5.07. The second-order valence-corrected chi connectivity index (χ2v) is 4.91. The zero-order valence-electron chi connectivity index (χ0n) is 10.7. The molecule has 0 aliphatic rings. The molecular formula is C16H11Cl2NO. The van der Waals surface area contributed by atoms with Crippen LogP contribution in [0.1, 0.15) is 11.1 Å². The van der Waals surface area contributed by atoms with Crippen LogP contribution in [0.2, 0.25) is 10.0 Å². The van der Waals surface area contributed by atoms with E-state index in [1.165, 1.54) is 0 Å². The Kier molecular flexibility index (Phi) is 4.68. The molecule has 2 rings (SSSR count). The van der Waals surface area contributed by atoms with Crippen LogP contribution in [0.15, 0.2) is 42.5 Å². The normalized spacial score (nSPS) is 11.0. The minimum absolute atomic E-state index is 0.513. The number of benzene rings is 2. The molecule has 0 spiro atoms. The van der Waals surface area contributed by atoms with E-state index in [9.17, 15) is 5.26 Å². The summed E-state index contributed by atoms with van der Waals surface area (Å²) < 4.78 is 5.09. The van der Waals surface area contributed by atoms with E-state index < -0.39 is 0 Å².